The maximum Gasteiger partial charge on any atom is 0.225 e. The van der Waals surface area contributed by atoms with Crippen molar-refractivity contribution in [3.63, 3.8) is 0 Å². The Balaban J connectivity index is 2.07. The number of carbonyl (C=O) groups is 2. The van der Waals surface area contributed by atoms with Crippen molar-refractivity contribution in [3.8, 4) is 0 Å². The summed E-state index contributed by atoms with van der Waals surface area (Å²) in [4.78, 5) is 29.2. The van der Waals surface area contributed by atoms with Gasteiger partial charge in [0.2, 0.25) is 11.8 Å². The number of amides is 2. The molecule has 2 aromatic carbocycles. The first-order valence-electron chi connectivity index (χ1n) is 7.94. The highest BCUT2D eigenvalue weighted by atomic mass is 16.2. The molecular formula is C18H20N6O2. The van der Waals surface area contributed by atoms with Crippen LogP contribution in [-0.2, 0) is 9.59 Å². The summed E-state index contributed by atoms with van der Waals surface area (Å²) in [5.41, 5.74) is 11.2. The van der Waals surface area contributed by atoms with Gasteiger partial charge in [0.1, 0.15) is 0 Å². The van der Waals surface area contributed by atoms with E-state index in [2.05, 4.69) is 15.3 Å². The van der Waals surface area contributed by atoms with Crippen LogP contribution in [0.5, 0.6) is 0 Å². The van der Waals surface area contributed by atoms with Crippen molar-refractivity contribution in [2.75, 3.05) is 28.8 Å². The van der Waals surface area contributed by atoms with E-state index in [1.54, 1.807) is 41.1 Å². The number of carbonyl (C=O) groups excluding carboxylic acids is 2. The second-order valence-corrected chi connectivity index (χ2v) is 5.61. The lowest BCUT2D eigenvalue weighted by molar-refractivity contribution is -0.117. The van der Waals surface area contributed by atoms with Gasteiger partial charge in [0, 0.05) is 48.6 Å². The summed E-state index contributed by atoms with van der Waals surface area (Å²) in [6.45, 7) is 3.26. The molecule has 2 amide bonds. The number of nitrogens with zero attached hydrogens (tertiary/aromatic N) is 5. The molecule has 0 spiro atoms. The summed E-state index contributed by atoms with van der Waals surface area (Å²) in [5.74, 6) is -0.167. The van der Waals surface area contributed by atoms with Crippen LogP contribution >= 0.6 is 0 Å². The largest absolute Gasteiger partial charge is 0.367 e. The second kappa shape index (κ2) is 8.55. The quantitative estimate of drug-likeness (QED) is 0.367. The van der Waals surface area contributed by atoms with Crippen molar-refractivity contribution < 1.29 is 9.59 Å². The molecule has 0 heterocycles. The van der Waals surface area contributed by atoms with E-state index >= 15 is 0 Å². The van der Waals surface area contributed by atoms with Crippen LogP contribution < -0.4 is 15.1 Å². The van der Waals surface area contributed by atoms with E-state index in [9.17, 15) is 9.59 Å². The molecule has 0 bridgehead atoms. The fourth-order valence-corrected chi connectivity index (χ4v) is 2.29. The monoisotopic (exact) mass is 352 g/mol. The summed E-state index contributed by atoms with van der Waals surface area (Å²) < 4.78 is 0. The number of anilines is 3. The molecule has 0 aliphatic heterocycles. The molecular weight excluding hydrogens is 332 g/mol. The van der Waals surface area contributed by atoms with E-state index in [1.807, 2.05) is 24.3 Å². The van der Waals surface area contributed by atoms with Crippen molar-refractivity contribution in [1.82, 2.24) is 0 Å². The topological polar surface area (TPSA) is 101 Å². The summed E-state index contributed by atoms with van der Waals surface area (Å²) in [5, 5.41) is 6.69. The first-order chi connectivity index (χ1) is 12.4. The van der Waals surface area contributed by atoms with Crippen LogP contribution in [0.3, 0.4) is 0 Å². The van der Waals surface area contributed by atoms with E-state index in [1.165, 1.54) is 13.8 Å². The maximum atomic E-state index is 12.0. The van der Waals surface area contributed by atoms with E-state index in [4.69, 9.17) is 5.53 Å². The molecule has 0 radical (unpaired) electrons. The molecule has 26 heavy (non-hydrogen) atoms. The highest BCUT2D eigenvalue weighted by molar-refractivity contribution is 5.92. The second-order valence-electron chi connectivity index (χ2n) is 5.61. The molecule has 8 heteroatoms. The van der Waals surface area contributed by atoms with Crippen LogP contribution in [0.15, 0.2) is 53.6 Å². The average Bonchev–Trinajstić information content (AvgIpc) is 2.63. The van der Waals surface area contributed by atoms with Crippen LogP contribution in [0.2, 0.25) is 0 Å². The van der Waals surface area contributed by atoms with Crippen molar-refractivity contribution in [1.29, 1.82) is 0 Å². The Morgan fingerprint density at radius 2 is 1.58 bits per heavy atom. The van der Waals surface area contributed by atoms with Crippen LogP contribution in [-0.4, -0.2) is 25.5 Å². The molecule has 0 saturated carbocycles. The Morgan fingerprint density at radius 3 is 2.08 bits per heavy atom. The zero-order valence-corrected chi connectivity index (χ0v) is 14.9. The third-order valence-corrected chi connectivity index (χ3v) is 3.87. The maximum absolute atomic E-state index is 12.0. The van der Waals surface area contributed by atoms with Gasteiger partial charge in [0.05, 0.1) is 6.67 Å². The van der Waals surface area contributed by atoms with Crippen molar-refractivity contribution in [2.45, 2.75) is 13.8 Å². The molecule has 0 aliphatic rings. The molecule has 1 N–H and O–H groups in total. The third-order valence-electron chi connectivity index (χ3n) is 3.87. The minimum Gasteiger partial charge on any atom is -0.367 e. The van der Waals surface area contributed by atoms with Crippen molar-refractivity contribution in [2.24, 2.45) is 5.11 Å². The van der Waals surface area contributed by atoms with Gasteiger partial charge in [-0.15, -0.1) is 0 Å². The molecule has 0 aromatic heterocycles. The first-order valence-corrected chi connectivity index (χ1v) is 7.94. The highest BCUT2D eigenvalue weighted by Gasteiger charge is 2.11. The first kappa shape index (κ1) is 18.8. The van der Waals surface area contributed by atoms with E-state index < -0.39 is 0 Å². The molecule has 0 atom stereocenters. The van der Waals surface area contributed by atoms with Gasteiger partial charge < -0.3 is 10.2 Å². The summed E-state index contributed by atoms with van der Waals surface area (Å²) in [6.07, 6.45) is 0. The van der Waals surface area contributed by atoms with Gasteiger partial charge in [-0.25, -0.2) is 0 Å². The van der Waals surface area contributed by atoms with E-state index in [0.29, 0.717) is 11.4 Å². The lowest BCUT2D eigenvalue weighted by Crippen LogP contribution is -2.33. The van der Waals surface area contributed by atoms with Gasteiger partial charge in [-0.2, -0.15) is 0 Å². The summed E-state index contributed by atoms with van der Waals surface area (Å²) >= 11 is 0. The number of azide groups is 1. The Morgan fingerprint density at radius 1 is 1.00 bits per heavy atom. The molecule has 8 nitrogen and oxygen atoms in total. The number of nitrogens with one attached hydrogen (secondary N) is 1. The number of rotatable bonds is 6. The zero-order valence-electron chi connectivity index (χ0n) is 14.9. The molecule has 2 aromatic rings. The van der Waals surface area contributed by atoms with E-state index in [-0.39, 0.29) is 18.5 Å². The Labute approximate surface area is 151 Å². The number of hydrogen-bond acceptors (Lipinski definition) is 4. The minimum atomic E-state index is -0.123. The van der Waals surface area contributed by atoms with Crippen molar-refractivity contribution in [3.05, 3.63) is 59.0 Å². The zero-order chi connectivity index (χ0) is 19.1. The number of hydrogen-bond donors (Lipinski definition) is 1. The average molecular weight is 352 g/mol. The fraction of sp³-hybridized carbons (Fsp3) is 0.222. The lowest BCUT2D eigenvalue weighted by atomic mass is 10.2. The number of benzene rings is 2. The van der Waals surface area contributed by atoms with Gasteiger partial charge in [0.25, 0.3) is 0 Å². The minimum absolute atomic E-state index is 0.0438. The SMILES string of the molecule is CC(=O)N(C)c1ccc(NCN(C(C)=O)c2ccc(N=[N+]=[N-])cc2)cc1. The highest BCUT2D eigenvalue weighted by Crippen LogP contribution is 2.21. The van der Waals surface area contributed by atoms with Gasteiger partial charge in [-0.05, 0) is 41.9 Å². The van der Waals surface area contributed by atoms with Crippen LogP contribution in [0.25, 0.3) is 10.4 Å². The fourth-order valence-electron chi connectivity index (χ4n) is 2.29. The third kappa shape index (κ3) is 4.75. The predicted octanol–water partition coefficient (Wildman–Crippen LogP) is 4.03. The van der Waals surface area contributed by atoms with Crippen LogP contribution in [0.1, 0.15) is 13.8 Å². The van der Waals surface area contributed by atoms with Gasteiger partial charge in [0.15, 0.2) is 0 Å². The van der Waals surface area contributed by atoms with E-state index in [0.717, 1.165) is 11.4 Å². The molecule has 134 valence electrons. The standard InChI is InChI=1S/C18H20N6O2/c1-13(25)23(3)17-8-4-15(5-9-17)20-12-24(14(2)26)18-10-6-16(7-11-18)21-22-19/h4-11,20H,12H2,1-3H3. The van der Waals surface area contributed by atoms with Gasteiger partial charge in [-0.1, -0.05) is 17.2 Å². The Kier molecular flexibility index (Phi) is 6.19. The molecule has 0 fully saturated rings. The molecule has 0 aliphatic carbocycles. The molecule has 2 rings (SSSR count). The predicted molar refractivity (Wildman–Crippen MR) is 102 cm³/mol. The smallest absolute Gasteiger partial charge is 0.225 e. The van der Waals surface area contributed by atoms with Gasteiger partial charge in [-0.3, -0.25) is 14.5 Å². The lowest BCUT2D eigenvalue weighted by Gasteiger charge is -2.23. The summed E-state index contributed by atoms with van der Waals surface area (Å²) in [6, 6.07) is 14.1. The van der Waals surface area contributed by atoms with Crippen LogP contribution in [0, 0.1) is 0 Å². The summed E-state index contributed by atoms with van der Waals surface area (Å²) in [7, 11) is 1.71. The van der Waals surface area contributed by atoms with Crippen LogP contribution in [0.4, 0.5) is 22.7 Å². The van der Waals surface area contributed by atoms with Crippen molar-refractivity contribution >= 4 is 34.6 Å². The Bertz CT molecular complexity index is 826. The molecule has 0 saturated heterocycles. The molecule has 0 unspecified atom stereocenters. The van der Waals surface area contributed by atoms with Gasteiger partial charge >= 0.3 is 0 Å². The normalized spacial score (nSPS) is 9.81. The Hall–Kier alpha value is -3.51.